The van der Waals surface area contributed by atoms with Crippen LogP contribution in [0.3, 0.4) is 0 Å². The lowest BCUT2D eigenvalue weighted by Gasteiger charge is -2.01. The summed E-state index contributed by atoms with van der Waals surface area (Å²) < 4.78 is 1.06. The van der Waals surface area contributed by atoms with Gasteiger partial charge in [0.1, 0.15) is 0 Å². The predicted octanol–water partition coefficient (Wildman–Crippen LogP) is 4.71. The van der Waals surface area contributed by atoms with Gasteiger partial charge in [-0.05, 0) is 42.3 Å². The minimum Gasteiger partial charge on any atom is -0.295 e. The molecule has 0 spiro atoms. The van der Waals surface area contributed by atoms with E-state index in [1.54, 1.807) is 30.5 Å². The molecule has 0 radical (unpaired) electrons. The molecule has 0 atom stereocenters. The number of hydrogen-bond acceptors (Lipinski definition) is 2. The van der Waals surface area contributed by atoms with Crippen molar-refractivity contribution in [3.8, 4) is 11.1 Å². The Bertz CT molecular complexity index is 864. The Morgan fingerprint density at radius 3 is 2.00 bits per heavy atom. The standard InChI is InChI=1S/C21H18NO2/c1-16(23)18-11-13-21(14-12-18)22(24)15-17-7-9-20(10-8-17)19-5-3-2-4-6-19/h2-15,24H,1H3/q+1/b22-15-. The molecule has 0 heterocycles. The van der Waals surface area contributed by atoms with Crippen LogP contribution in [-0.4, -0.2) is 21.9 Å². The van der Waals surface area contributed by atoms with Crippen LogP contribution in [0.2, 0.25) is 0 Å². The summed E-state index contributed by atoms with van der Waals surface area (Å²) >= 11 is 0. The molecule has 0 saturated carbocycles. The van der Waals surface area contributed by atoms with Crippen LogP contribution in [0.1, 0.15) is 22.8 Å². The summed E-state index contributed by atoms with van der Waals surface area (Å²) in [4.78, 5) is 11.3. The molecule has 0 fully saturated rings. The van der Waals surface area contributed by atoms with Gasteiger partial charge in [-0.3, -0.25) is 10.0 Å². The highest BCUT2D eigenvalue weighted by Crippen LogP contribution is 2.19. The fraction of sp³-hybridized carbons (Fsp3) is 0.0476. The third-order valence-electron chi connectivity index (χ3n) is 3.83. The van der Waals surface area contributed by atoms with Crippen molar-refractivity contribution in [2.24, 2.45) is 0 Å². The van der Waals surface area contributed by atoms with Crippen LogP contribution in [0, 0.1) is 0 Å². The highest BCUT2D eigenvalue weighted by Gasteiger charge is 2.09. The van der Waals surface area contributed by atoms with Crippen molar-refractivity contribution in [3.05, 3.63) is 90.0 Å². The van der Waals surface area contributed by atoms with E-state index in [2.05, 4.69) is 12.1 Å². The summed E-state index contributed by atoms with van der Waals surface area (Å²) in [6.07, 6.45) is 1.64. The van der Waals surface area contributed by atoms with Crippen LogP contribution < -0.4 is 0 Å². The molecule has 3 nitrogen and oxygen atoms in total. The van der Waals surface area contributed by atoms with Crippen LogP contribution >= 0.6 is 0 Å². The summed E-state index contributed by atoms with van der Waals surface area (Å²) in [5.41, 5.74) is 4.40. The minimum absolute atomic E-state index is 0.00604. The molecule has 0 aromatic heterocycles. The van der Waals surface area contributed by atoms with Gasteiger partial charge in [0.25, 0.3) is 5.69 Å². The SMILES string of the molecule is CC(=O)c1ccc(/[N+](O)=C/c2ccc(-c3ccccc3)cc2)cc1. The van der Waals surface area contributed by atoms with Crippen molar-refractivity contribution in [1.82, 2.24) is 0 Å². The average Bonchev–Trinajstić information content (AvgIpc) is 2.63. The number of nitrogens with zero attached hydrogens (tertiary/aromatic N) is 1. The van der Waals surface area contributed by atoms with Gasteiger partial charge in [0, 0.05) is 28.0 Å². The van der Waals surface area contributed by atoms with Gasteiger partial charge in [-0.15, -0.1) is 0 Å². The molecule has 0 amide bonds. The number of Topliss-reactive ketones (excluding diaryl/α,β-unsaturated/α-hetero) is 1. The predicted molar refractivity (Wildman–Crippen MR) is 95.2 cm³/mol. The zero-order chi connectivity index (χ0) is 16.9. The van der Waals surface area contributed by atoms with E-state index in [9.17, 15) is 10.0 Å². The summed E-state index contributed by atoms with van der Waals surface area (Å²) in [5.74, 6) is 0.00604. The monoisotopic (exact) mass is 316 g/mol. The van der Waals surface area contributed by atoms with E-state index in [0.717, 1.165) is 21.4 Å². The summed E-state index contributed by atoms with van der Waals surface area (Å²) in [7, 11) is 0. The van der Waals surface area contributed by atoms with E-state index in [-0.39, 0.29) is 5.78 Å². The highest BCUT2D eigenvalue weighted by molar-refractivity contribution is 5.94. The van der Waals surface area contributed by atoms with Gasteiger partial charge in [0.05, 0.1) is 0 Å². The Morgan fingerprint density at radius 2 is 1.42 bits per heavy atom. The van der Waals surface area contributed by atoms with Crippen molar-refractivity contribution in [3.63, 3.8) is 0 Å². The van der Waals surface area contributed by atoms with Gasteiger partial charge in [0.15, 0.2) is 5.78 Å². The van der Waals surface area contributed by atoms with Gasteiger partial charge in [-0.1, -0.05) is 42.5 Å². The third kappa shape index (κ3) is 3.58. The van der Waals surface area contributed by atoms with E-state index in [0.29, 0.717) is 11.3 Å². The van der Waals surface area contributed by atoms with Crippen LogP contribution in [0.15, 0.2) is 78.9 Å². The number of carbonyl (C=O) groups excluding carboxylic acids is 1. The zero-order valence-corrected chi connectivity index (χ0v) is 13.4. The first kappa shape index (κ1) is 15.7. The fourth-order valence-electron chi connectivity index (χ4n) is 2.46. The lowest BCUT2D eigenvalue weighted by Crippen LogP contribution is -2.02. The van der Waals surface area contributed by atoms with E-state index < -0.39 is 0 Å². The Labute approximate surface area is 141 Å². The Morgan fingerprint density at radius 1 is 0.833 bits per heavy atom. The second-order valence-electron chi connectivity index (χ2n) is 5.56. The Hall–Kier alpha value is -3.20. The summed E-state index contributed by atoms with van der Waals surface area (Å²) in [6, 6.07) is 24.9. The second kappa shape index (κ2) is 6.92. The van der Waals surface area contributed by atoms with Crippen LogP contribution in [0.4, 0.5) is 5.69 Å². The highest BCUT2D eigenvalue weighted by atomic mass is 16.5. The third-order valence-corrected chi connectivity index (χ3v) is 3.83. The van der Waals surface area contributed by atoms with Crippen LogP contribution in [0.25, 0.3) is 11.1 Å². The van der Waals surface area contributed by atoms with Crippen molar-refractivity contribution in [2.45, 2.75) is 6.92 Å². The number of rotatable bonds is 4. The van der Waals surface area contributed by atoms with Crippen LogP contribution in [-0.2, 0) is 0 Å². The van der Waals surface area contributed by atoms with E-state index in [4.69, 9.17) is 0 Å². The maximum atomic E-state index is 11.3. The number of benzene rings is 3. The first-order valence-electron chi connectivity index (χ1n) is 7.73. The van der Waals surface area contributed by atoms with Crippen molar-refractivity contribution in [2.75, 3.05) is 0 Å². The van der Waals surface area contributed by atoms with E-state index >= 15 is 0 Å². The molecule has 24 heavy (non-hydrogen) atoms. The molecule has 0 bridgehead atoms. The van der Waals surface area contributed by atoms with Crippen molar-refractivity contribution in [1.29, 1.82) is 0 Å². The summed E-state index contributed by atoms with van der Waals surface area (Å²) in [6.45, 7) is 1.52. The number of carbonyl (C=O) groups is 1. The largest absolute Gasteiger partial charge is 0.295 e. The van der Waals surface area contributed by atoms with Gasteiger partial charge in [-0.25, -0.2) is 0 Å². The maximum absolute atomic E-state index is 11.3. The molecular weight excluding hydrogens is 298 g/mol. The first-order valence-corrected chi connectivity index (χ1v) is 7.73. The molecule has 3 aromatic carbocycles. The summed E-state index contributed by atoms with van der Waals surface area (Å²) in [5, 5.41) is 10.2. The Balaban J connectivity index is 1.81. The first-order chi connectivity index (χ1) is 11.6. The molecule has 118 valence electrons. The molecule has 3 rings (SSSR count). The maximum Gasteiger partial charge on any atom is 0.257 e. The van der Waals surface area contributed by atoms with Gasteiger partial charge < -0.3 is 0 Å². The van der Waals surface area contributed by atoms with E-state index in [1.807, 2.05) is 42.5 Å². The van der Waals surface area contributed by atoms with Crippen LogP contribution in [0.5, 0.6) is 0 Å². The lowest BCUT2D eigenvalue weighted by molar-refractivity contribution is -0.709. The molecule has 0 aliphatic carbocycles. The molecule has 1 N–H and O–H groups in total. The van der Waals surface area contributed by atoms with Crippen molar-refractivity contribution < 1.29 is 14.7 Å². The van der Waals surface area contributed by atoms with Gasteiger partial charge >= 0.3 is 0 Å². The second-order valence-corrected chi connectivity index (χ2v) is 5.56. The molecular formula is C21H18NO2+. The topological polar surface area (TPSA) is 40.3 Å². The lowest BCUT2D eigenvalue weighted by atomic mass is 10.0. The van der Waals surface area contributed by atoms with Crippen molar-refractivity contribution >= 4 is 17.7 Å². The quantitative estimate of drug-likeness (QED) is 0.249. The Kier molecular flexibility index (Phi) is 4.52. The number of ketones is 1. The molecule has 3 heteroatoms. The van der Waals surface area contributed by atoms with Gasteiger partial charge in [0.2, 0.25) is 6.21 Å². The average molecular weight is 316 g/mol. The number of hydrogen-bond donors (Lipinski definition) is 1. The van der Waals surface area contributed by atoms with E-state index in [1.165, 1.54) is 6.92 Å². The molecule has 3 aromatic rings. The zero-order valence-electron chi connectivity index (χ0n) is 13.4. The molecule has 0 aliphatic heterocycles. The van der Waals surface area contributed by atoms with Gasteiger partial charge in [-0.2, -0.15) is 0 Å². The normalized spacial score (nSPS) is 11.3. The molecule has 0 saturated heterocycles. The molecule has 0 aliphatic rings. The smallest absolute Gasteiger partial charge is 0.257 e. The molecule has 0 unspecified atom stereocenters. The fourth-order valence-corrected chi connectivity index (χ4v) is 2.46. The minimum atomic E-state index is 0.00604.